The first kappa shape index (κ1) is 24.7. The normalized spacial score (nSPS) is 11.6. The van der Waals surface area contributed by atoms with Crippen LogP contribution < -0.4 is 15.0 Å². The van der Waals surface area contributed by atoms with Crippen molar-refractivity contribution in [3.05, 3.63) is 132 Å². The molecule has 39 heavy (non-hydrogen) atoms. The molecular formula is C35H30N3S+. The van der Waals surface area contributed by atoms with Crippen molar-refractivity contribution in [2.24, 2.45) is 0 Å². The van der Waals surface area contributed by atoms with Crippen LogP contribution in [0.5, 0.6) is 0 Å². The lowest BCUT2D eigenvalue weighted by Crippen LogP contribution is -2.24. The molecule has 0 radical (unpaired) electrons. The van der Waals surface area contributed by atoms with Gasteiger partial charge in [-0.1, -0.05) is 102 Å². The first-order valence-electron chi connectivity index (χ1n) is 13.1. The Morgan fingerprint density at radius 2 is 1.15 bits per heavy atom. The molecule has 0 fully saturated rings. The maximum absolute atomic E-state index is 3.32. The van der Waals surface area contributed by atoms with Crippen LogP contribution in [0, 0.1) is 0 Å². The zero-order valence-corrected chi connectivity index (χ0v) is 22.9. The number of aromatic nitrogens is 1. The van der Waals surface area contributed by atoms with Gasteiger partial charge in [0, 0.05) is 43.7 Å². The number of benzene rings is 4. The molecule has 0 spiro atoms. The van der Waals surface area contributed by atoms with E-state index >= 15 is 0 Å². The molecule has 0 saturated heterocycles. The summed E-state index contributed by atoms with van der Waals surface area (Å²) in [5.41, 5.74) is 10.5. The molecule has 0 bridgehead atoms. The van der Waals surface area contributed by atoms with Crippen LogP contribution in [0.1, 0.15) is 22.4 Å². The first-order valence-corrected chi connectivity index (χ1v) is 13.9. The highest BCUT2D eigenvalue weighted by Crippen LogP contribution is 2.35. The molecule has 2 heterocycles. The Balaban J connectivity index is 1.63. The third kappa shape index (κ3) is 4.83. The molecule has 0 unspecified atom stereocenters. The molecule has 6 aromatic rings. The minimum Gasteiger partial charge on any atom is -0.388 e. The van der Waals surface area contributed by atoms with Crippen molar-refractivity contribution in [1.29, 1.82) is 0 Å². The quantitative estimate of drug-likeness (QED) is 0.204. The van der Waals surface area contributed by atoms with Gasteiger partial charge in [-0.25, -0.2) is 0 Å². The zero-order valence-electron chi connectivity index (χ0n) is 22.1. The van der Waals surface area contributed by atoms with Crippen molar-refractivity contribution in [2.75, 3.05) is 24.7 Å². The van der Waals surface area contributed by atoms with Gasteiger partial charge < -0.3 is 10.6 Å². The molecule has 0 aliphatic heterocycles. The average molecular weight is 525 g/mol. The number of para-hydroxylation sites is 3. The SMILES string of the molecule is CNc1ccccc1/C=C/c1cc(/C=C/c2ccccc2NC)[n+]2c(sc3ccccc32)c1-c1ccccc1. The molecule has 0 aliphatic carbocycles. The van der Waals surface area contributed by atoms with Crippen molar-refractivity contribution in [3.63, 3.8) is 0 Å². The molecule has 0 amide bonds. The predicted octanol–water partition coefficient (Wildman–Crippen LogP) is 8.73. The molecule has 6 rings (SSSR count). The molecular weight excluding hydrogens is 494 g/mol. The van der Waals surface area contributed by atoms with Gasteiger partial charge in [0.2, 0.25) is 11.2 Å². The number of rotatable bonds is 7. The van der Waals surface area contributed by atoms with E-state index < -0.39 is 0 Å². The number of hydrogen-bond donors (Lipinski definition) is 2. The van der Waals surface area contributed by atoms with Crippen molar-refractivity contribution >= 4 is 62.1 Å². The van der Waals surface area contributed by atoms with Crippen LogP contribution in [0.4, 0.5) is 11.4 Å². The minimum atomic E-state index is 1.11. The Morgan fingerprint density at radius 1 is 0.590 bits per heavy atom. The molecule has 190 valence electrons. The molecule has 0 aliphatic rings. The number of anilines is 2. The number of hydrogen-bond acceptors (Lipinski definition) is 3. The van der Waals surface area contributed by atoms with Gasteiger partial charge in [-0.15, -0.1) is 4.40 Å². The van der Waals surface area contributed by atoms with E-state index in [0.717, 1.165) is 28.2 Å². The molecule has 3 nitrogen and oxygen atoms in total. The van der Waals surface area contributed by atoms with E-state index in [-0.39, 0.29) is 0 Å². The summed E-state index contributed by atoms with van der Waals surface area (Å²) in [6.07, 6.45) is 8.89. The van der Waals surface area contributed by atoms with Crippen LogP contribution in [0.25, 0.3) is 50.5 Å². The van der Waals surface area contributed by atoms with Gasteiger partial charge in [-0.3, -0.25) is 0 Å². The average Bonchev–Trinajstić information content (AvgIpc) is 3.39. The van der Waals surface area contributed by atoms with Crippen molar-refractivity contribution in [3.8, 4) is 11.1 Å². The molecule has 2 aromatic heterocycles. The summed E-state index contributed by atoms with van der Waals surface area (Å²) in [6.45, 7) is 0. The molecule has 0 saturated carbocycles. The van der Waals surface area contributed by atoms with E-state index in [1.165, 1.54) is 31.7 Å². The van der Waals surface area contributed by atoms with E-state index in [1.54, 1.807) is 0 Å². The van der Waals surface area contributed by atoms with Gasteiger partial charge in [0.15, 0.2) is 0 Å². The summed E-state index contributed by atoms with van der Waals surface area (Å²) in [7, 11) is 3.93. The lowest BCUT2D eigenvalue weighted by molar-refractivity contribution is -0.479. The van der Waals surface area contributed by atoms with E-state index in [4.69, 9.17) is 0 Å². The monoisotopic (exact) mass is 524 g/mol. The highest BCUT2D eigenvalue weighted by molar-refractivity contribution is 7.23. The first-order chi connectivity index (χ1) is 19.3. The van der Waals surface area contributed by atoms with Gasteiger partial charge in [-0.05, 0) is 46.5 Å². The third-order valence-corrected chi connectivity index (χ3v) is 8.12. The topological polar surface area (TPSA) is 28.2 Å². The largest absolute Gasteiger partial charge is 0.388 e. The van der Waals surface area contributed by atoms with E-state index in [2.05, 4.69) is 149 Å². The summed E-state index contributed by atoms with van der Waals surface area (Å²) in [4.78, 5) is 1.23. The second-order valence-corrected chi connectivity index (χ2v) is 10.3. The highest BCUT2D eigenvalue weighted by Gasteiger charge is 2.24. The fourth-order valence-corrected chi connectivity index (χ4v) is 6.32. The second-order valence-electron chi connectivity index (χ2n) is 9.32. The van der Waals surface area contributed by atoms with Gasteiger partial charge in [0.05, 0.1) is 5.56 Å². The lowest BCUT2D eigenvalue weighted by atomic mass is 9.99. The third-order valence-electron chi connectivity index (χ3n) is 6.98. The summed E-state index contributed by atoms with van der Waals surface area (Å²) in [6, 6.07) is 38.5. The van der Waals surface area contributed by atoms with Crippen molar-refractivity contribution in [1.82, 2.24) is 0 Å². The van der Waals surface area contributed by atoms with E-state index in [0.29, 0.717) is 0 Å². The minimum absolute atomic E-state index is 1.11. The maximum atomic E-state index is 3.32. The van der Waals surface area contributed by atoms with Gasteiger partial charge in [0.1, 0.15) is 4.70 Å². The van der Waals surface area contributed by atoms with Crippen molar-refractivity contribution in [2.45, 2.75) is 0 Å². The van der Waals surface area contributed by atoms with E-state index in [1.807, 2.05) is 25.4 Å². The fraction of sp³-hybridized carbons (Fsp3) is 0.0571. The maximum Gasteiger partial charge on any atom is 0.277 e. The molecule has 2 N–H and O–H groups in total. The zero-order chi connectivity index (χ0) is 26.6. The van der Waals surface area contributed by atoms with Crippen LogP contribution in [-0.2, 0) is 0 Å². The van der Waals surface area contributed by atoms with E-state index in [9.17, 15) is 0 Å². The fourth-order valence-electron chi connectivity index (χ4n) is 5.07. The van der Waals surface area contributed by atoms with Gasteiger partial charge >= 0.3 is 0 Å². The highest BCUT2D eigenvalue weighted by atomic mass is 32.1. The summed E-state index contributed by atoms with van der Waals surface area (Å²) >= 11 is 1.84. The Hall–Kier alpha value is -4.67. The van der Waals surface area contributed by atoms with Crippen LogP contribution in [0.3, 0.4) is 0 Å². The number of nitrogens with one attached hydrogen (secondary N) is 2. The molecule has 0 atom stereocenters. The molecule has 4 heteroatoms. The van der Waals surface area contributed by atoms with Gasteiger partial charge in [0.25, 0.3) is 4.83 Å². The van der Waals surface area contributed by atoms with Gasteiger partial charge in [-0.2, -0.15) is 0 Å². The summed E-state index contributed by atoms with van der Waals surface area (Å²) in [5.74, 6) is 0. The Morgan fingerprint density at radius 3 is 1.85 bits per heavy atom. The Kier molecular flexibility index (Phi) is 6.94. The Labute approximate surface area is 233 Å². The predicted molar refractivity (Wildman–Crippen MR) is 170 cm³/mol. The molecule has 4 aromatic carbocycles. The number of thiazole rings is 1. The number of pyridine rings is 1. The second kappa shape index (κ2) is 11.0. The number of fused-ring (bicyclic) bond motifs is 3. The van der Waals surface area contributed by atoms with Crippen LogP contribution >= 0.6 is 11.3 Å². The van der Waals surface area contributed by atoms with Crippen LogP contribution in [-0.4, -0.2) is 14.1 Å². The smallest absolute Gasteiger partial charge is 0.277 e. The Bertz CT molecular complexity index is 1830. The standard InChI is InChI=1S/C35H29N3S/c1-36-30-16-8-6-12-25(30)20-21-28-24-29(23-22-26-13-7-9-17-31(26)37-2)38-32-18-10-11-19-33(32)39-35(38)34(28)27-14-4-3-5-15-27/h3-24H,1-2H3,(H,36,37)/p+1. The summed E-state index contributed by atoms with van der Waals surface area (Å²) < 4.78 is 3.67. The summed E-state index contributed by atoms with van der Waals surface area (Å²) in [5, 5.41) is 6.63. The lowest BCUT2D eigenvalue weighted by Gasteiger charge is -2.08. The van der Waals surface area contributed by atoms with Crippen LogP contribution in [0.15, 0.2) is 109 Å². The van der Waals surface area contributed by atoms with Crippen LogP contribution in [0.2, 0.25) is 0 Å². The number of nitrogens with zero attached hydrogens (tertiary/aromatic N) is 1. The van der Waals surface area contributed by atoms with Crippen molar-refractivity contribution < 1.29 is 4.40 Å².